The van der Waals surface area contributed by atoms with E-state index in [4.69, 9.17) is 14.5 Å². The average Bonchev–Trinajstić information content (AvgIpc) is 3.19. The first-order valence-corrected chi connectivity index (χ1v) is 11.5. The molecule has 1 saturated heterocycles. The molecule has 0 aliphatic carbocycles. The van der Waals surface area contributed by atoms with E-state index in [0.717, 1.165) is 62.7 Å². The third-order valence-corrected chi connectivity index (χ3v) is 5.85. The first-order chi connectivity index (χ1) is 15.7. The van der Waals surface area contributed by atoms with Gasteiger partial charge in [0.05, 0.1) is 24.2 Å². The molecule has 0 bridgehead atoms. The number of para-hydroxylation sites is 2. The van der Waals surface area contributed by atoms with Gasteiger partial charge in [0.25, 0.3) is 5.91 Å². The van der Waals surface area contributed by atoms with Gasteiger partial charge in [0.2, 0.25) is 0 Å². The van der Waals surface area contributed by atoms with E-state index in [2.05, 4.69) is 27.8 Å². The van der Waals surface area contributed by atoms with Crippen molar-refractivity contribution < 1.29 is 14.3 Å². The number of rotatable bonds is 10. The number of imidazole rings is 1. The molecule has 4 rings (SSSR count). The van der Waals surface area contributed by atoms with Crippen molar-refractivity contribution in [3.05, 3.63) is 59.9 Å². The number of fused-ring (bicyclic) bond motifs is 1. The van der Waals surface area contributed by atoms with Crippen molar-refractivity contribution in [1.82, 2.24) is 19.8 Å². The maximum Gasteiger partial charge on any atom is 0.257 e. The van der Waals surface area contributed by atoms with Crippen molar-refractivity contribution in [3.63, 3.8) is 0 Å². The monoisotopic (exact) mass is 436 g/mol. The highest BCUT2D eigenvalue weighted by Gasteiger charge is 2.14. The molecule has 2 heterocycles. The molecule has 0 radical (unpaired) electrons. The molecule has 1 aromatic heterocycles. The summed E-state index contributed by atoms with van der Waals surface area (Å²) in [4.78, 5) is 19.5. The van der Waals surface area contributed by atoms with E-state index in [1.54, 1.807) is 0 Å². The van der Waals surface area contributed by atoms with Crippen LogP contribution in [0, 0.1) is 0 Å². The zero-order chi connectivity index (χ0) is 22.2. The number of benzene rings is 2. The number of hydrogen-bond acceptors (Lipinski definition) is 5. The van der Waals surface area contributed by atoms with Crippen molar-refractivity contribution in [2.24, 2.45) is 0 Å². The predicted octanol–water partition coefficient (Wildman–Crippen LogP) is 2.67. The normalized spacial score (nSPS) is 14.5. The first-order valence-electron chi connectivity index (χ1n) is 11.5. The van der Waals surface area contributed by atoms with Crippen LogP contribution in [0.15, 0.2) is 48.5 Å². The van der Waals surface area contributed by atoms with E-state index < -0.39 is 0 Å². The minimum Gasteiger partial charge on any atom is -0.484 e. The van der Waals surface area contributed by atoms with Crippen LogP contribution in [0.25, 0.3) is 11.0 Å². The number of carbonyl (C=O) groups excluding carboxylic acids is 1. The minimum atomic E-state index is -0.124. The Hall–Kier alpha value is -2.90. The molecule has 0 spiro atoms. The van der Waals surface area contributed by atoms with Gasteiger partial charge in [0, 0.05) is 39.1 Å². The number of aromatic nitrogens is 2. The molecule has 0 atom stereocenters. The summed E-state index contributed by atoms with van der Waals surface area (Å²) in [6, 6.07) is 16.1. The number of nitrogens with one attached hydrogen (secondary N) is 1. The molecule has 0 saturated carbocycles. The summed E-state index contributed by atoms with van der Waals surface area (Å²) in [7, 11) is 0. The van der Waals surface area contributed by atoms with Crippen LogP contribution in [0.4, 0.5) is 0 Å². The summed E-state index contributed by atoms with van der Waals surface area (Å²) in [5, 5.41) is 2.96. The van der Waals surface area contributed by atoms with Gasteiger partial charge >= 0.3 is 0 Å². The van der Waals surface area contributed by atoms with Gasteiger partial charge in [-0.25, -0.2) is 4.98 Å². The van der Waals surface area contributed by atoms with Gasteiger partial charge in [-0.2, -0.15) is 0 Å². The maximum atomic E-state index is 12.2. The van der Waals surface area contributed by atoms with Crippen LogP contribution >= 0.6 is 0 Å². The highest BCUT2D eigenvalue weighted by atomic mass is 16.5. The average molecular weight is 437 g/mol. The Morgan fingerprint density at radius 1 is 1.09 bits per heavy atom. The molecule has 3 aromatic rings. The third-order valence-electron chi connectivity index (χ3n) is 5.85. The zero-order valence-electron chi connectivity index (χ0n) is 18.8. The molecule has 7 nitrogen and oxygen atoms in total. The lowest BCUT2D eigenvalue weighted by molar-refractivity contribution is -0.123. The molecule has 1 N–H and O–H groups in total. The van der Waals surface area contributed by atoms with E-state index in [9.17, 15) is 4.79 Å². The number of hydrogen-bond donors (Lipinski definition) is 1. The Morgan fingerprint density at radius 2 is 1.88 bits per heavy atom. The lowest BCUT2D eigenvalue weighted by Crippen LogP contribution is -2.38. The fourth-order valence-electron chi connectivity index (χ4n) is 3.97. The van der Waals surface area contributed by atoms with E-state index in [0.29, 0.717) is 18.7 Å². The molecule has 170 valence electrons. The molecule has 2 aromatic carbocycles. The Bertz CT molecular complexity index is 1010. The second kappa shape index (κ2) is 11.1. The zero-order valence-corrected chi connectivity index (χ0v) is 18.8. The smallest absolute Gasteiger partial charge is 0.257 e. The predicted molar refractivity (Wildman–Crippen MR) is 125 cm³/mol. The van der Waals surface area contributed by atoms with E-state index >= 15 is 0 Å². The molecule has 1 aliphatic rings. The highest BCUT2D eigenvalue weighted by molar-refractivity contribution is 5.77. The number of aryl methyl sites for hydroxylation is 1. The molecule has 32 heavy (non-hydrogen) atoms. The summed E-state index contributed by atoms with van der Waals surface area (Å²) < 4.78 is 13.3. The number of morpholine rings is 1. The number of carbonyl (C=O) groups is 1. The van der Waals surface area contributed by atoms with Gasteiger partial charge in [-0.1, -0.05) is 31.2 Å². The molecule has 7 heteroatoms. The molecular weight excluding hydrogens is 404 g/mol. The summed E-state index contributed by atoms with van der Waals surface area (Å²) in [6.45, 7) is 8.03. The molecule has 0 unspecified atom stereocenters. The van der Waals surface area contributed by atoms with Crippen LogP contribution in [-0.4, -0.2) is 66.4 Å². The van der Waals surface area contributed by atoms with Crippen LogP contribution in [0.5, 0.6) is 5.75 Å². The van der Waals surface area contributed by atoms with Crippen LogP contribution in [0.3, 0.4) is 0 Å². The minimum absolute atomic E-state index is 0.0128. The Morgan fingerprint density at radius 3 is 2.66 bits per heavy atom. The lowest BCUT2D eigenvalue weighted by Gasteiger charge is -2.27. The van der Waals surface area contributed by atoms with Crippen LogP contribution in [-0.2, 0) is 28.9 Å². The quantitative estimate of drug-likeness (QED) is 0.529. The molecular formula is C25H32N4O3. The van der Waals surface area contributed by atoms with Crippen molar-refractivity contribution in [2.75, 3.05) is 46.0 Å². The maximum absolute atomic E-state index is 12.2. The second-order valence-electron chi connectivity index (χ2n) is 8.01. The molecule has 1 aliphatic heterocycles. The number of nitrogens with zero attached hydrogens (tertiary/aromatic N) is 3. The van der Waals surface area contributed by atoms with Crippen molar-refractivity contribution in [2.45, 2.75) is 26.3 Å². The Labute approximate surface area is 189 Å². The van der Waals surface area contributed by atoms with Crippen LogP contribution in [0.2, 0.25) is 0 Å². The summed E-state index contributed by atoms with van der Waals surface area (Å²) in [5.41, 5.74) is 3.38. The standard InChI is InChI=1S/C25H32N4O3/c1-2-20-7-9-21(10-8-20)32-19-25(30)26-12-11-24-27-22-5-3-4-6-23(22)29(24)14-13-28-15-17-31-18-16-28/h3-10H,2,11-19H2,1H3,(H,26,30). The van der Waals surface area contributed by atoms with Crippen molar-refractivity contribution in [3.8, 4) is 5.75 Å². The summed E-state index contributed by atoms with van der Waals surface area (Å²) in [6.07, 6.45) is 1.66. The first kappa shape index (κ1) is 22.3. The lowest BCUT2D eigenvalue weighted by atomic mass is 10.2. The van der Waals surface area contributed by atoms with Gasteiger partial charge in [-0.3, -0.25) is 9.69 Å². The van der Waals surface area contributed by atoms with Gasteiger partial charge in [-0.15, -0.1) is 0 Å². The van der Waals surface area contributed by atoms with E-state index in [-0.39, 0.29) is 12.5 Å². The van der Waals surface area contributed by atoms with Crippen molar-refractivity contribution >= 4 is 16.9 Å². The fourth-order valence-corrected chi connectivity index (χ4v) is 3.97. The molecule has 1 amide bonds. The van der Waals surface area contributed by atoms with Crippen LogP contribution < -0.4 is 10.1 Å². The Balaban J connectivity index is 1.30. The van der Waals surface area contributed by atoms with Crippen LogP contribution in [0.1, 0.15) is 18.3 Å². The van der Waals surface area contributed by atoms with Gasteiger partial charge < -0.3 is 19.4 Å². The summed E-state index contributed by atoms with van der Waals surface area (Å²) >= 11 is 0. The largest absolute Gasteiger partial charge is 0.484 e. The topological polar surface area (TPSA) is 68.6 Å². The number of amides is 1. The highest BCUT2D eigenvalue weighted by Crippen LogP contribution is 2.17. The van der Waals surface area contributed by atoms with Crippen molar-refractivity contribution in [1.29, 1.82) is 0 Å². The summed E-state index contributed by atoms with van der Waals surface area (Å²) in [5.74, 6) is 1.58. The Kier molecular flexibility index (Phi) is 7.74. The second-order valence-corrected chi connectivity index (χ2v) is 8.01. The third kappa shape index (κ3) is 5.87. The fraction of sp³-hybridized carbons (Fsp3) is 0.440. The van der Waals surface area contributed by atoms with E-state index in [1.165, 1.54) is 5.56 Å². The molecule has 1 fully saturated rings. The van der Waals surface area contributed by atoms with Gasteiger partial charge in [0.15, 0.2) is 6.61 Å². The SMILES string of the molecule is CCc1ccc(OCC(=O)NCCc2nc3ccccc3n2CCN2CCOCC2)cc1. The van der Waals surface area contributed by atoms with Gasteiger partial charge in [0.1, 0.15) is 11.6 Å². The van der Waals surface area contributed by atoms with Gasteiger partial charge in [-0.05, 0) is 36.2 Å². The number of ether oxygens (including phenoxy) is 2. The van der Waals surface area contributed by atoms with E-state index in [1.807, 2.05) is 42.5 Å².